The van der Waals surface area contributed by atoms with E-state index in [0.29, 0.717) is 18.0 Å². The number of hydrogen-bond donors (Lipinski definition) is 1. The highest BCUT2D eigenvalue weighted by molar-refractivity contribution is 7.09. The van der Waals surface area contributed by atoms with Gasteiger partial charge in [-0.05, 0) is 36.4 Å². The summed E-state index contributed by atoms with van der Waals surface area (Å²) in [4.78, 5) is 16.7. The quantitative estimate of drug-likeness (QED) is 0.771. The lowest BCUT2D eigenvalue weighted by atomic mass is 10.2. The van der Waals surface area contributed by atoms with Crippen LogP contribution in [0.5, 0.6) is 0 Å². The van der Waals surface area contributed by atoms with Crippen molar-refractivity contribution in [1.29, 1.82) is 0 Å². The van der Waals surface area contributed by atoms with Gasteiger partial charge < -0.3 is 9.88 Å². The Morgan fingerprint density at radius 1 is 1.22 bits per heavy atom. The Hall–Kier alpha value is -2.40. The smallest absolute Gasteiger partial charge is 0.251 e. The normalized spacial score (nSPS) is 10.9. The van der Waals surface area contributed by atoms with Crippen LogP contribution < -0.4 is 5.32 Å². The predicted octanol–water partition coefficient (Wildman–Crippen LogP) is 3.99. The van der Waals surface area contributed by atoms with Crippen LogP contribution in [0, 0.1) is 0 Å². The number of nitrogens with one attached hydrogen (secondary N) is 1. The van der Waals surface area contributed by atoms with Gasteiger partial charge in [0, 0.05) is 34.9 Å². The Morgan fingerprint density at radius 2 is 1.91 bits per heavy atom. The fourth-order valence-corrected chi connectivity index (χ4v) is 3.07. The second kappa shape index (κ2) is 6.79. The molecule has 1 amide bonds. The number of rotatable bonds is 5. The summed E-state index contributed by atoms with van der Waals surface area (Å²) in [6.45, 7) is 4.70. The summed E-state index contributed by atoms with van der Waals surface area (Å²) >= 11 is 1.64. The van der Waals surface area contributed by atoms with Crippen molar-refractivity contribution < 1.29 is 4.79 Å². The lowest BCUT2D eigenvalue weighted by Gasteiger charge is -2.06. The van der Waals surface area contributed by atoms with Crippen LogP contribution in [0.4, 0.5) is 0 Å². The number of nitrogens with zero attached hydrogens (tertiary/aromatic N) is 2. The molecule has 0 saturated heterocycles. The molecule has 0 unspecified atom stereocenters. The van der Waals surface area contributed by atoms with E-state index in [1.165, 1.54) is 0 Å². The van der Waals surface area contributed by atoms with Gasteiger partial charge in [0.05, 0.1) is 17.2 Å². The van der Waals surface area contributed by atoms with Gasteiger partial charge in [0.1, 0.15) is 0 Å². The highest BCUT2D eigenvalue weighted by Gasteiger charge is 2.09. The van der Waals surface area contributed by atoms with Crippen LogP contribution in [-0.2, 0) is 6.54 Å². The maximum Gasteiger partial charge on any atom is 0.251 e. The molecule has 2 heterocycles. The Labute approximate surface area is 139 Å². The van der Waals surface area contributed by atoms with Gasteiger partial charge in [-0.25, -0.2) is 4.98 Å². The Balaban J connectivity index is 1.61. The third-order valence-corrected chi connectivity index (χ3v) is 4.72. The maximum atomic E-state index is 12.2. The van der Waals surface area contributed by atoms with Crippen molar-refractivity contribution in [2.45, 2.75) is 26.3 Å². The number of thiazole rings is 1. The number of carbonyl (C=O) groups is 1. The van der Waals surface area contributed by atoms with Crippen molar-refractivity contribution in [3.63, 3.8) is 0 Å². The van der Waals surface area contributed by atoms with Gasteiger partial charge in [-0.15, -0.1) is 11.3 Å². The van der Waals surface area contributed by atoms with E-state index in [9.17, 15) is 4.79 Å². The Morgan fingerprint density at radius 3 is 2.52 bits per heavy atom. The number of aromatic nitrogens is 2. The molecule has 1 N–H and O–H groups in total. The molecule has 0 fully saturated rings. The number of benzene rings is 1. The lowest BCUT2D eigenvalue weighted by Crippen LogP contribution is -2.22. The van der Waals surface area contributed by atoms with Crippen LogP contribution in [-0.4, -0.2) is 15.5 Å². The highest BCUT2D eigenvalue weighted by Crippen LogP contribution is 2.19. The van der Waals surface area contributed by atoms with Gasteiger partial charge in [-0.3, -0.25) is 4.79 Å². The maximum absolute atomic E-state index is 12.2. The van der Waals surface area contributed by atoms with E-state index in [2.05, 4.69) is 24.1 Å². The summed E-state index contributed by atoms with van der Waals surface area (Å²) in [7, 11) is 0. The molecule has 1 aromatic carbocycles. The molecule has 0 atom stereocenters. The second-order valence-corrected chi connectivity index (χ2v) is 6.54. The zero-order chi connectivity index (χ0) is 16.2. The van der Waals surface area contributed by atoms with E-state index in [4.69, 9.17) is 0 Å². The minimum Gasteiger partial charge on any atom is -0.346 e. The molecule has 0 radical (unpaired) electrons. The minimum atomic E-state index is -0.0804. The molecule has 4 nitrogen and oxygen atoms in total. The minimum absolute atomic E-state index is 0.0804. The molecular weight excluding hydrogens is 306 g/mol. The van der Waals surface area contributed by atoms with Crippen molar-refractivity contribution in [2.75, 3.05) is 0 Å². The summed E-state index contributed by atoms with van der Waals surface area (Å²) in [5.74, 6) is 0.342. The molecule has 3 rings (SSSR count). The largest absolute Gasteiger partial charge is 0.346 e. The molecule has 0 aliphatic heterocycles. The molecule has 2 aromatic heterocycles. The lowest BCUT2D eigenvalue weighted by molar-refractivity contribution is 0.0950. The molecule has 3 aromatic rings. The van der Waals surface area contributed by atoms with E-state index in [1.807, 2.05) is 58.7 Å². The van der Waals surface area contributed by atoms with E-state index in [1.54, 1.807) is 11.3 Å². The molecule has 0 spiro atoms. The summed E-state index contributed by atoms with van der Waals surface area (Å²) < 4.78 is 2.00. The SMILES string of the molecule is CC(C)c1nc(CNC(=O)c2ccc(-n3cccc3)cc2)cs1. The van der Waals surface area contributed by atoms with Crippen LogP contribution in [0.25, 0.3) is 5.69 Å². The van der Waals surface area contributed by atoms with Gasteiger partial charge in [-0.2, -0.15) is 0 Å². The third kappa shape index (κ3) is 3.68. The van der Waals surface area contributed by atoms with E-state index < -0.39 is 0 Å². The van der Waals surface area contributed by atoms with Gasteiger partial charge in [0.2, 0.25) is 0 Å². The molecule has 5 heteroatoms. The van der Waals surface area contributed by atoms with Crippen LogP contribution in [0.3, 0.4) is 0 Å². The average Bonchev–Trinajstić information content (AvgIpc) is 3.24. The fraction of sp³-hybridized carbons (Fsp3) is 0.222. The first-order chi connectivity index (χ1) is 11.1. The summed E-state index contributed by atoms with van der Waals surface area (Å²) in [5.41, 5.74) is 2.60. The van der Waals surface area contributed by atoms with Gasteiger partial charge in [0.25, 0.3) is 5.91 Å². The van der Waals surface area contributed by atoms with Crippen molar-refractivity contribution in [3.8, 4) is 5.69 Å². The molecule has 0 bridgehead atoms. The van der Waals surface area contributed by atoms with E-state index in [-0.39, 0.29) is 5.91 Å². The number of hydrogen-bond acceptors (Lipinski definition) is 3. The van der Waals surface area contributed by atoms with Gasteiger partial charge >= 0.3 is 0 Å². The number of carbonyl (C=O) groups excluding carboxylic acids is 1. The summed E-state index contributed by atoms with van der Waals surface area (Å²) in [6.07, 6.45) is 3.95. The standard InChI is InChI=1S/C18H19N3OS/c1-13(2)18-20-15(12-23-18)11-19-17(22)14-5-7-16(8-6-14)21-9-3-4-10-21/h3-10,12-13H,11H2,1-2H3,(H,19,22). The molecule has 0 saturated carbocycles. The molecule has 0 aliphatic carbocycles. The van der Waals surface area contributed by atoms with Crippen LogP contribution in [0.1, 0.15) is 40.8 Å². The summed E-state index contributed by atoms with van der Waals surface area (Å²) in [6, 6.07) is 11.5. The third-order valence-electron chi connectivity index (χ3n) is 3.53. The Bertz CT molecular complexity index is 773. The molecule has 0 aliphatic rings. The predicted molar refractivity (Wildman–Crippen MR) is 93.1 cm³/mol. The first-order valence-electron chi connectivity index (χ1n) is 7.59. The average molecular weight is 325 g/mol. The molecule has 23 heavy (non-hydrogen) atoms. The van der Waals surface area contributed by atoms with Crippen LogP contribution in [0.15, 0.2) is 54.2 Å². The molecule has 118 valence electrons. The van der Waals surface area contributed by atoms with E-state index >= 15 is 0 Å². The second-order valence-electron chi connectivity index (χ2n) is 5.65. The number of amides is 1. The topological polar surface area (TPSA) is 46.9 Å². The van der Waals surface area contributed by atoms with Crippen molar-refractivity contribution in [2.24, 2.45) is 0 Å². The van der Waals surface area contributed by atoms with Crippen LogP contribution in [0.2, 0.25) is 0 Å². The first-order valence-corrected chi connectivity index (χ1v) is 8.47. The fourth-order valence-electron chi connectivity index (χ4n) is 2.23. The van der Waals surface area contributed by atoms with Crippen molar-refractivity contribution in [1.82, 2.24) is 14.9 Å². The van der Waals surface area contributed by atoms with Gasteiger partial charge in [0.15, 0.2) is 0 Å². The summed E-state index contributed by atoms with van der Waals surface area (Å²) in [5, 5.41) is 6.03. The van der Waals surface area contributed by atoms with E-state index in [0.717, 1.165) is 16.4 Å². The zero-order valence-electron chi connectivity index (χ0n) is 13.2. The first kappa shape index (κ1) is 15.5. The Kier molecular flexibility index (Phi) is 4.57. The molecular formula is C18H19N3OS. The van der Waals surface area contributed by atoms with Crippen molar-refractivity contribution >= 4 is 17.2 Å². The van der Waals surface area contributed by atoms with Gasteiger partial charge in [-0.1, -0.05) is 13.8 Å². The highest BCUT2D eigenvalue weighted by atomic mass is 32.1. The van der Waals surface area contributed by atoms with Crippen LogP contribution >= 0.6 is 11.3 Å². The monoisotopic (exact) mass is 325 g/mol. The zero-order valence-corrected chi connectivity index (χ0v) is 14.0. The van der Waals surface area contributed by atoms with Crippen molar-refractivity contribution in [3.05, 3.63) is 70.4 Å².